The third kappa shape index (κ3) is 3.07. The number of ether oxygens (including phenoxy) is 1. The number of allylic oxidation sites excluding steroid dienone is 1. The predicted molar refractivity (Wildman–Crippen MR) is 119 cm³/mol. The van der Waals surface area contributed by atoms with Crippen molar-refractivity contribution in [2.45, 2.75) is 38.8 Å². The third-order valence-electron chi connectivity index (χ3n) is 7.09. The van der Waals surface area contributed by atoms with E-state index in [4.69, 9.17) is 9.72 Å². The second-order valence-electron chi connectivity index (χ2n) is 8.78. The van der Waals surface area contributed by atoms with Gasteiger partial charge in [0.25, 0.3) is 0 Å². The second-order valence-corrected chi connectivity index (χ2v) is 8.78. The van der Waals surface area contributed by atoms with Crippen LogP contribution in [0.3, 0.4) is 0 Å². The molecule has 30 heavy (non-hydrogen) atoms. The SMILES string of the molecule is COc1ccc([C@H](O)C2CCCC3=Cc4c(-c5ccccc5)ncn4C[C@@]32C)cc1. The Hall–Kier alpha value is -2.85. The predicted octanol–water partition coefficient (Wildman–Crippen LogP) is 5.50. The molecule has 154 valence electrons. The van der Waals surface area contributed by atoms with Gasteiger partial charge in [0, 0.05) is 17.5 Å². The molecule has 0 saturated heterocycles. The maximum absolute atomic E-state index is 11.4. The van der Waals surface area contributed by atoms with Crippen LogP contribution < -0.4 is 4.74 Å². The number of benzene rings is 2. The van der Waals surface area contributed by atoms with Gasteiger partial charge in [-0.1, -0.05) is 55.0 Å². The first-order chi connectivity index (χ1) is 14.6. The molecule has 5 rings (SSSR count). The van der Waals surface area contributed by atoms with E-state index >= 15 is 0 Å². The van der Waals surface area contributed by atoms with Crippen molar-refractivity contribution in [1.82, 2.24) is 9.55 Å². The molecule has 2 aromatic carbocycles. The first-order valence-electron chi connectivity index (χ1n) is 10.7. The zero-order valence-corrected chi connectivity index (χ0v) is 17.6. The summed E-state index contributed by atoms with van der Waals surface area (Å²) in [4.78, 5) is 4.75. The number of aromatic nitrogens is 2. The third-order valence-corrected chi connectivity index (χ3v) is 7.09. The van der Waals surface area contributed by atoms with Crippen molar-refractivity contribution in [1.29, 1.82) is 0 Å². The van der Waals surface area contributed by atoms with Gasteiger partial charge in [-0.05, 0) is 49.0 Å². The van der Waals surface area contributed by atoms with Crippen LogP contribution in [0, 0.1) is 11.3 Å². The van der Waals surface area contributed by atoms with E-state index < -0.39 is 6.10 Å². The van der Waals surface area contributed by atoms with Crippen molar-refractivity contribution < 1.29 is 9.84 Å². The van der Waals surface area contributed by atoms with Gasteiger partial charge in [-0.2, -0.15) is 0 Å². The summed E-state index contributed by atoms with van der Waals surface area (Å²) in [6.45, 7) is 3.17. The number of hydrogen-bond acceptors (Lipinski definition) is 3. The molecule has 1 aromatic heterocycles. The molecule has 1 N–H and O–H groups in total. The maximum Gasteiger partial charge on any atom is 0.118 e. The molecule has 1 unspecified atom stereocenters. The number of aliphatic hydroxyl groups is 1. The summed E-state index contributed by atoms with van der Waals surface area (Å²) in [5.41, 5.74) is 5.70. The number of aliphatic hydroxyl groups excluding tert-OH is 1. The Morgan fingerprint density at radius 3 is 2.63 bits per heavy atom. The first-order valence-corrected chi connectivity index (χ1v) is 10.7. The van der Waals surface area contributed by atoms with E-state index in [0.717, 1.165) is 48.4 Å². The zero-order chi connectivity index (χ0) is 20.7. The quantitative estimate of drug-likeness (QED) is 0.629. The normalized spacial score (nSPS) is 23.8. The van der Waals surface area contributed by atoms with Crippen molar-refractivity contribution in [3.63, 3.8) is 0 Å². The number of fused-ring (bicyclic) bond motifs is 2. The molecule has 3 atom stereocenters. The molecular weight excluding hydrogens is 372 g/mol. The van der Waals surface area contributed by atoms with Gasteiger partial charge in [0.1, 0.15) is 5.75 Å². The molecular formula is C26H28N2O2. The number of imidazole rings is 1. The van der Waals surface area contributed by atoms with Crippen LogP contribution in [0.2, 0.25) is 0 Å². The van der Waals surface area contributed by atoms with E-state index in [0.29, 0.717) is 0 Å². The van der Waals surface area contributed by atoms with Crippen molar-refractivity contribution in [2.75, 3.05) is 7.11 Å². The standard InChI is InChI=1S/C26H28N2O2/c1-26-16-28-17-27-24(18-7-4-3-5-8-18)23(28)15-20(26)9-6-10-22(26)25(29)19-11-13-21(30-2)14-12-19/h3-5,7-8,11-15,17,22,25,29H,6,9-10,16H2,1-2H3/t22?,25-,26-/m0/s1. The minimum atomic E-state index is -0.497. The van der Waals surface area contributed by atoms with E-state index in [1.54, 1.807) is 7.11 Å². The van der Waals surface area contributed by atoms with Crippen molar-refractivity contribution in [3.8, 4) is 17.0 Å². The average molecular weight is 401 g/mol. The zero-order valence-electron chi connectivity index (χ0n) is 17.6. The van der Waals surface area contributed by atoms with Crippen molar-refractivity contribution >= 4 is 6.08 Å². The highest BCUT2D eigenvalue weighted by Crippen LogP contribution is 2.54. The highest BCUT2D eigenvalue weighted by atomic mass is 16.5. The Bertz CT molecular complexity index is 1070. The van der Waals surface area contributed by atoms with Crippen LogP contribution in [0.4, 0.5) is 0 Å². The Morgan fingerprint density at radius 2 is 1.90 bits per heavy atom. The summed E-state index contributed by atoms with van der Waals surface area (Å²) < 4.78 is 7.55. The number of hydrogen-bond donors (Lipinski definition) is 1. The van der Waals surface area contributed by atoms with E-state index in [-0.39, 0.29) is 11.3 Å². The van der Waals surface area contributed by atoms with Crippen LogP contribution in [-0.2, 0) is 6.54 Å². The van der Waals surface area contributed by atoms with Crippen LogP contribution in [0.5, 0.6) is 5.75 Å². The highest BCUT2D eigenvalue weighted by Gasteiger charge is 2.46. The van der Waals surface area contributed by atoms with Gasteiger partial charge < -0.3 is 14.4 Å². The lowest BCUT2D eigenvalue weighted by molar-refractivity contribution is 0.0123. The number of methoxy groups -OCH3 is 1. The van der Waals surface area contributed by atoms with Crippen LogP contribution in [0.1, 0.15) is 43.5 Å². The topological polar surface area (TPSA) is 47.3 Å². The lowest BCUT2D eigenvalue weighted by Gasteiger charge is -2.48. The largest absolute Gasteiger partial charge is 0.497 e. The van der Waals surface area contributed by atoms with Crippen LogP contribution in [0.25, 0.3) is 17.3 Å². The van der Waals surface area contributed by atoms with Gasteiger partial charge in [0.15, 0.2) is 0 Å². The fraction of sp³-hybridized carbons (Fsp3) is 0.346. The Kier molecular flexibility index (Phi) is 4.75. The molecule has 2 heterocycles. The molecule has 0 amide bonds. The molecule has 4 heteroatoms. The monoisotopic (exact) mass is 400 g/mol. The summed E-state index contributed by atoms with van der Waals surface area (Å²) in [5.74, 6) is 0.983. The van der Waals surface area contributed by atoms with Crippen molar-refractivity contribution in [3.05, 3.63) is 77.8 Å². The summed E-state index contributed by atoms with van der Waals surface area (Å²) in [5, 5.41) is 11.4. The molecule has 1 aliphatic carbocycles. The molecule has 0 spiro atoms. The highest BCUT2D eigenvalue weighted by molar-refractivity contribution is 5.72. The van der Waals surface area contributed by atoms with Gasteiger partial charge in [0.2, 0.25) is 0 Å². The van der Waals surface area contributed by atoms with Gasteiger partial charge in [-0.3, -0.25) is 0 Å². The molecule has 4 nitrogen and oxygen atoms in total. The molecule has 3 aromatic rings. The van der Waals surface area contributed by atoms with Gasteiger partial charge in [-0.25, -0.2) is 4.98 Å². The van der Waals surface area contributed by atoms with Crippen LogP contribution in [-0.4, -0.2) is 21.8 Å². The van der Waals surface area contributed by atoms with E-state index in [2.05, 4.69) is 41.8 Å². The minimum Gasteiger partial charge on any atom is -0.497 e. The van der Waals surface area contributed by atoms with Gasteiger partial charge >= 0.3 is 0 Å². The second kappa shape index (κ2) is 7.44. The maximum atomic E-state index is 11.4. The summed E-state index contributed by atoms with van der Waals surface area (Å²) in [7, 11) is 1.67. The van der Waals surface area contributed by atoms with Crippen LogP contribution in [0.15, 0.2) is 66.5 Å². The molecule has 1 fully saturated rings. The van der Waals surface area contributed by atoms with Gasteiger partial charge in [-0.15, -0.1) is 0 Å². The summed E-state index contributed by atoms with van der Waals surface area (Å²) >= 11 is 0. The molecule has 1 aliphatic heterocycles. The molecule has 0 bridgehead atoms. The average Bonchev–Trinajstić information content (AvgIpc) is 3.19. The summed E-state index contributed by atoms with van der Waals surface area (Å²) in [6, 6.07) is 18.2. The van der Waals surface area contributed by atoms with Gasteiger partial charge in [0.05, 0.1) is 30.9 Å². The van der Waals surface area contributed by atoms with E-state index in [1.807, 2.05) is 36.7 Å². The Labute approximate surface area is 177 Å². The number of rotatable bonds is 4. The molecule has 0 radical (unpaired) electrons. The van der Waals surface area contributed by atoms with Crippen LogP contribution >= 0.6 is 0 Å². The van der Waals surface area contributed by atoms with Crippen molar-refractivity contribution in [2.24, 2.45) is 11.3 Å². The number of nitrogens with zero attached hydrogens (tertiary/aromatic N) is 2. The fourth-order valence-corrected chi connectivity index (χ4v) is 5.36. The summed E-state index contributed by atoms with van der Waals surface area (Å²) in [6.07, 6.45) is 7.02. The lowest BCUT2D eigenvalue weighted by Crippen LogP contribution is -2.42. The smallest absolute Gasteiger partial charge is 0.118 e. The lowest BCUT2D eigenvalue weighted by atomic mass is 9.60. The van der Waals surface area contributed by atoms with E-state index in [1.165, 1.54) is 11.3 Å². The first kappa shape index (κ1) is 19.1. The molecule has 2 aliphatic rings. The van der Waals surface area contributed by atoms with E-state index in [9.17, 15) is 5.11 Å². The fourth-order valence-electron chi connectivity index (χ4n) is 5.36. The minimum absolute atomic E-state index is 0.0841. The Morgan fingerprint density at radius 1 is 1.13 bits per heavy atom. The Balaban J connectivity index is 1.50. The molecule has 1 saturated carbocycles.